The molecular weight excluding hydrogens is 266 g/mol. The summed E-state index contributed by atoms with van der Waals surface area (Å²) in [5, 5.41) is 9.29. The molecule has 1 saturated heterocycles. The average Bonchev–Trinajstić information content (AvgIpc) is 2.42. The van der Waals surface area contributed by atoms with Gasteiger partial charge in [-0.3, -0.25) is 9.69 Å². The van der Waals surface area contributed by atoms with Gasteiger partial charge in [-0.25, -0.2) is 0 Å². The van der Waals surface area contributed by atoms with Crippen LogP contribution in [0.15, 0.2) is 18.2 Å². The van der Waals surface area contributed by atoms with Gasteiger partial charge in [0.15, 0.2) is 0 Å². The minimum Gasteiger partial charge on any atom is -0.397 e. The number of nitrogens with two attached hydrogens (primary N) is 1. The molecule has 0 radical (unpaired) electrons. The van der Waals surface area contributed by atoms with Crippen molar-refractivity contribution < 1.29 is 9.90 Å². The molecule has 6 heteroatoms. The van der Waals surface area contributed by atoms with E-state index in [0.717, 1.165) is 13.1 Å². The summed E-state index contributed by atoms with van der Waals surface area (Å²) in [5.41, 5.74) is 6.64. The van der Waals surface area contributed by atoms with Gasteiger partial charge in [0.25, 0.3) is 5.91 Å². The van der Waals surface area contributed by atoms with Gasteiger partial charge in [0, 0.05) is 32.7 Å². The van der Waals surface area contributed by atoms with Gasteiger partial charge < -0.3 is 15.7 Å². The van der Waals surface area contributed by atoms with E-state index in [2.05, 4.69) is 4.90 Å². The first-order valence-corrected chi connectivity index (χ1v) is 6.67. The van der Waals surface area contributed by atoms with Gasteiger partial charge in [0.1, 0.15) is 0 Å². The molecule has 0 spiro atoms. The number of hydrogen-bond acceptors (Lipinski definition) is 4. The molecule has 1 aromatic carbocycles. The van der Waals surface area contributed by atoms with Crippen molar-refractivity contribution in [3.8, 4) is 0 Å². The zero-order chi connectivity index (χ0) is 13.8. The molecular formula is C13H18ClN3O2. The highest BCUT2D eigenvalue weighted by atomic mass is 35.5. The Bertz CT molecular complexity index is 459. The average molecular weight is 284 g/mol. The molecule has 0 bridgehead atoms. The maximum atomic E-state index is 12.4. The van der Waals surface area contributed by atoms with Crippen LogP contribution in [0.5, 0.6) is 0 Å². The van der Waals surface area contributed by atoms with Crippen molar-refractivity contribution in [3.63, 3.8) is 0 Å². The van der Waals surface area contributed by atoms with E-state index in [1.54, 1.807) is 23.1 Å². The maximum Gasteiger partial charge on any atom is 0.256 e. The zero-order valence-corrected chi connectivity index (χ0v) is 11.4. The van der Waals surface area contributed by atoms with E-state index in [1.165, 1.54) is 0 Å². The molecule has 2 rings (SSSR count). The second-order valence-electron chi connectivity index (χ2n) is 4.56. The maximum absolute atomic E-state index is 12.4. The monoisotopic (exact) mass is 283 g/mol. The Labute approximate surface area is 117 Å². The van der Waals surface area contributed by atoms with Gasteiger partial charge in [0.05, 0.1) is 22.9 Å². The number of amides is 1. The number of piperazine rings is 1. The van der Waals surface area contributed by atoms with Crippen molar-refractivity contribution in [2.45, 2.75) is 0 Å². The number of para-hydroxylation sites is 1. The number of benzene rings is 1. The largest absolute Gasteiger partial charge is 0.397 e. The van der Waals surface area contributed by atoms with Crippen molar-refractivity contribution in [1.29, 1.82) is 0 Å². The van der Waals surface area contributed by atoms with E-state index < -0.39 is 0 Å². The fourth-order valence-corrected chi connectivity index (χ4v) is 2.38. The smallest absolute Gasteiger partial charge is 0.256 e. The van der Waals surface area contributed by atoms with Gasteiger partial charge >= 0.3 is 0 Å². The molecule has 104 valence electrons. The van der Waals surface area contributed by atoms with E-state index in [9.17, 15) is 4.79 Å². The number of carbonyl (C=O) groups excluding carboxylic acids is 1. The molecule has 0 aliphatic carbocycles. The highest BCUT2D eigenvalue weighted by Gasteiger charge is 2.23. The van der Waals surface area contributed by atoms with Crippen molar-refractivity contribution >= 4 is 23.2 Å². The highest BCUT2D eigenvalue weighted by Crippen LogP contribution is 2.23. The van der Waals surface area contributed by atoms with Gasteiger partial charge in [-0.15, -0.1) is 0 Å². The molecule has 3 N–H and O–H groups in total. The van der Waals surface area contributed by atoms with Crippen LogP contribution < -0.4 is 5.73 Å². The molecule has 1 aliphatic rings. The summed E-state index contributed by atoms with van der Waals surface area (Å²) in [7, 11) is 0. The fraction of sp³-hybridized carbons (Fsp3) is 0.462. The van der Waals surface area contributed by atoms with Crippen molar-refractivity contribution in [2.75, 3.05) is 45.1 Å². The first-order chi connectivity index (χ1) is 9.13. The Hall–Kier alpha value is -1.30. The Morgan fingerprint density at radius 3 is 2.63 bits per heavy atom. The first kappa shape index (κ1) is 14.1. The number of rotatable bonds is 3. The number of aliphatic hydroxyl groups excluding tert-OH is 1. The van der Waals surface area contributed by atoms with Crippen LogP contribution in [0.3, 0.4) is 0 Å². The predicted octanol–water partition coefficient (Wildman–Crippen LogP) is 0.672. The summed E-state index contributed by atoms with van der Waals surface area (Å²) in [6.45, 7) is 3.63. The van der Waals surface area contributed by atoms with E-state index in [1.807, 2.05) is 0 Å². The quantitative estimate of drug-likeness (QED) is 0.800. The van der Waals surface area contributed by atoms with Crippen LogP contribution in [0.1, 0.15) is 10.4 Å². The molecule has 1 heterocycles. The lowest BCUT2D eigenvalue weighted by atomic mass is 10.1. The number of hydrogen-bond donors (Lipinski definition) is 2. The lowest BCUT2D eigenvalue weighted by Gasteiger charge is -2.34. The number of nitrogen functional groups attached to an aromatic ring is 1. The van der Waals surface area contributed by atoms with Crippen LogP contribution in [0.2, 0.25) is 5.02 Å². The van der Waals surface area contributed by atoms with Crippen LogP contribution in [0, 0.1) is 0 Å². The van der Waals surface area contributed by atoms with Crippen LogP contribution >= 0.6 is 11.6 Å². The third-order valence-corrected chi connectivity index (χ3v) is 3.69. The molecule has 5 nitrogen and oxygen atoms in total. The van der Waals surface area contributed by atoms with Crippen molar-refractivity contribution in [1.82, 2.24) is 9.80 Å². The van der Waals surface area contributed by atoms with Gasteiger partial charge in [-0.2, -0.15) is 0 Å². The predicted molar refractivity (Wildman–Crippen MR) is 75.3 cm³/mol. The summed E-state index contributed by atoms with van der Waals surface area (Å²) in [4.78, 5) is 16.3. The molecule has 1 amide bonds. The van der Waals surface area contributed by atoms with Crippen LogP contribution in [0.25, 0.3) is 0 Å². The standard InChI is InChI=1S/C13H18ClN3O2/c14-11-3-1-2-10(12(11)15)13(19)17-6-4-16(5-7-17)8-9-18/h1-3,18H,4-9,15H2. The van der Waals surface area contributed by atoms with E-state index in [4.69, 9.17) is 22.4 Å². The van der Waals surface area contributed by atoms with Gasteiger partial charge in [-0.1, -0.05) is 17.7 Å². The van der Waals surface area contributed by atoms with Crippen LogP contribution in [-0.2, 0) is 0 Å². The Morgan fingerprint density at radius 1 is 1.32 bits per heavy atom. The molecule has 1 aromatic rings. The normalized spacial score (nSPS) is 16.6. The minimum absolute atomic E-state index is 0.0800. The molecule has 1 aliphatic heterocycles. The second-order valence-corrected chi connectivity index (χ2v) is 4.97. The van der Waals surface area contributed by atoms with E-state index >= 15 is 0 Å². The Balaban J connectivity index is 2.03. The number of halogens is 1. The number of anilines is 1. The molecule has 1 fully saturated rings. The first-order valence-electron chi connectivity index (χ1n) is 6.30. The molecule has 0 aromatic heterocycles. The number of carbonyl (C=O) groups is 1. The Morgan fingerprint density at radius 2 is 2.00 bits per heavy atom. The van der Waals surface area contributed by atoms with Crippen LogP contribution in [-0.4, -0.2) is 60.1 Å². The SMILES string of the molecule is Nc1c(Cl)cccc1C(=O)N1CCN(CCO)CC1. The molecule has 19 heavy (non-hydrogen) atoms. The van der Waals surface area contributed by atoms with E-state index in [0.29, 0.717) is 35.9 Å². The summed E-state index contributed by atoms with van der Waals surface area (Å²) in [6.07, 6.45) is 0. The third kappa shape index (κ3) is 3.18. The summed E-state index contributed by atoms with van der Waals surface area (Å²) in [5.74, 6) is -0.0800. The topological polar surface area (TPSA) is 69.8 Å². The zero-order valence-electron chi connectivity index (χ0n) is 10.7. The van der Waals surface area contributed by atoms with Crippen molar-refractivity contribution in [3.05, 3.63) is 28.8 Å². The van der Waals surface area contributed by atoms with Crippen LogP contribution in [0.4, 0.5) is 5.69 Å². The van der Waals surface area contributed by atoms with Gasteiger partial charge in [0.2, 0.25) is 0 Å². The second kappa shape index (κ2) is 6.23. The summed E-state index contributed by atoms with van der Waals surface area (Å²) < 4.78 is 0. The Kier molecular flexibility index (Phi) is 4.63. The highest BCUT2D eigenvalue weighted by molar-refractivity contribution is 6.33. The van der Waals surface area contributed by atoms with Crippen molar-refractivity contribution in [2.24, 2.45) is 0 Å². The molecule has 0 saturated carbocycles. The molecule has 0 unspecified atom stereocenters. The van der Waals surface area contributed by atoms with E-state index in [-0.39, 0.29) is 12.5 Å². The minimum atomic E-state index is -0.0800. The number of β-amino-alcohol motifs (C(OH)–C–C–N with tert-alkyl or cyclic N) is 1. The lowest BCUT2D eigenvalue weighted by Crippen LogP contribution is -2.49. The molecule has 0 atom stereocenters. The number of aliphatic hydroxyl groups is 1. The number of nitrogens with zero attached hydrogens (tertiary/aromatic N) is 2. The summed E-state index contributed by atoms with van der Waals surface area (Å²) in [6, 6.07) is 5.10. The summed E-state index contributed by atoms with van der Waals surface area (Å²) >= 11 is 5.93. The lowest BCUT2D eigenvalue weighted by molar-refractivity contribution is 0.0616. The van der Waals surface area contributed by atoms with Gasteiger partial charge in [-0.05, 0) is 12.1 Å². The third-order valence-electron chi connectivity index (χ3n) is 3.36. The fourth-order valence-electron chi connectivity index (χ4n) is 2.21.